The second-order valence-corrected chi connectivity index (χ2v) is 26.5. The molecule has 0 N–H and O–H groups in total. The van der Waals surface area contributed by atoms with Gasteiger partial charge in [-0.1, -0.05) is 255 Å². The number of benzene rings is 15. The number of hydrogen-bond donors (Lipinski definition) is 0. The molecule has 96 heavy (non-hydrogen) atoms. The first-order valence-electron chi connectivity index (χ1n) is 33.5. The Morgan fingerprint density at radius 3 is 0.740 bits per heavy atom. The molecule has 0 bridgehead atoms. The summed E-state index contributed by atoms with van der Waals surface area (Å²) in [6.45, 7) is 0. The molecule has 4 heterocycles. The maximum absolute atomic E-state index is 2.52. The van der Waals surface area contributed by atoms with Gasteiger partial charge in [0.15, 0.2) is 0 Å². The van der Waals surface area contributed by atoms with E-state index in [0.717, 1.165) is 11.4 Å². The van der Waals surface area contributed by atoms with Gasteiger partial charge in [-0.3, -0.25) is 0 Å². The summed E-state index contributed by atoms with van der Waals surface area (Å²) in [5.74, 6) is 0. The maximum Gasteiger partial charge on any atom is 0.0725 e. The Kier molecular flexibility index (Phi) is 10.3. The van der Waals surface area contributed by atoms with Gasteiger partial charge in [0.2, 0.25) is 0 Å². The highest BCUT2D eigenvalue weighted by Crippen LogP contribution is 2.65. The zero-order valence-electron chi connectivity index (χ0n) is 52.1. The second-order valence-electron chi connectivity index (χ2n) is 26.5. The van der Waals surface area contributed by atoms with Gasteiger partial charge in [-0.2, -0.15) is 0 Å². The summed E-state index contributed by atoms with van der Waals surface area (Å²) in [5, 5.41) is 10.2. The van der Waals surface area contributed by atoms with E-state index >= 15 is 0 Å². The van der Waals surface area contributed by atoms with Crippen molar-refractivity contribution in [1.82, 2.24) is 18.5 Å². The quantitative estimate of drug-likeness (QED) is 0.168. The summed E-state index contributed by atoms with van der Waals surface area (Å²) < 4.78 is 9.74. The third-order valence-electron chi connectivity index (χ3n) is 22.3. The van der Waals surface area contributed by atoms with Gasteiger partial charge >= 0.3 is 0 Å². The predicted molar refractivity (Wildman–Crippen MR) is 397 cm³/mol. The lowest BCUT2D eigenvalue weighted by Gasteiger charge is -2.30. The van der Waals surface area contributed by atoms with Crippen molar-refractivity contribution in [2.24, 2.45) is 0 Å². The summed E-state index contributed by atoms with van der Waals surface area (Å²) in [6.07, 6.45) is 0. The van der Waals surface area contributed by atoms with Crippen molar-refractivity contribution in [2.45, 2.75) is 10.8 Å². The summed E-state index contributed by atoms with van der Waals surface area (Å²) >= 11 is 0. The Balaban J connectivity index is 0.000000125. The molecular formula is C92H56N4. The number of nitrogens with zero attached hydrogens (tertiary/aromatic N) is 4. The molecule has 15 aromatic carbocycles. The van der Waals surface area contributed by atoms with Crippen molar-refractivity contribution >= 4 is 87.2 Å². The molecule has 4 heteroatoms. The number of fused-ring (bicyclic) bond motifs is 32. The zero-order chi connectivity index (χ0) is 62.5. The topological polar surface area (TPSA) is 19.7 Å². The van der Waals surface area contributed by atoms with Gasteiger partial charge in [0.1, 0.15) is 0 Å². The zero-order valence-corrected chi connectivity index (χ0v) is 52.1. The molecule has 0 unspecified atom stereocenters. The van der Waals surface area contributed by atoms with Crippen LogP contribution in [0.25, 0.3) is 143 Å². The van der Waals surface area contributed by atoms with Gasteiger partial charge < -0.3 is 9.13 Å². The van der Waals surface area contributed by atoms with E-state index in [1.54, 1.807) is 0 Å². The molecule has 0 radical (unpaired) electrons. The predicted octanol–water partition coefficient (Wildman–Crippen LogP) is 22.8. The van der Waals surface area contributed by atoms with Crippen molar-refractivity contribution in [1.29, 1.82) is 0 Å². The third-order valence-corrected chi connectivity index (χ3v) is 22.3. The van der Waals surface area contributed by atoms with E-state index in [4.69, 9.17) is 0 Å². The van der Waals surface area contributed by atoms with Crippen LogP contribution < -0.4 is 0 Å². The van der Waals surface area contributed by atoms with E-state index in [2.05, 4.69) is 358 Å². The minimum atomic E-state index is -0.361. The molecule has 0 aliphatic heterocycles. The van der Waals surface area contributed by atoms with Gasteiger partial charge in [0.25, 0.3) is 0 Å². The smallest absolute Gasteiger partial charge is 0.0725 e. The Hall–Kier alpha value is -12.5. The second kappa shape index (κ2) is 19.1. The first-order chi connectivity index (χ1) is 47.7. The number of para-hydroxylation sites is 6. The molecule has 0 fully saturated rings. The molecule has 0 saturated heterocycles. The first-order valence-corrected chi connectivity index (χ1v) is 33.5. The van der Waals surface area contributed by atoms with Crippen LogP contribution in [0.2, 0.25) is 0 Å². The molecule has 444 valence electrons. The molecule has 4 aliphatic carbocycles. The van der Waals surface area contributed by atoms with E-state index < -0.39 is 0 Å². The largest absolute Gasteiger partial charge is 0.309 e. The lowest BCUT2D eigenvalue weighted by Crippen LogP contribution is -2.25. The average Bonchev–Trinajstić information content (AvgIpc) is 1.51. The Labute approximate surface area is 553 Å². The van der Waals surface area contributed by atoms with E-state index in [9.17, 15) is 0 Å². The van der Waals surface area contributed by atoms with Crippen LogP contribution in [-0.2, 0) is 10.8 Å². The van der Waals surface area contributed by atoms with Crippen LogP contribution in [0, 0.1) is 0 Å². The minimum absolute atomic E-state index is 0.358. The summed E-state index contributed by atoms with van der Waals surface area (Å²) in [7, 11) is 0. The van der Waals surface area contributed by atoms with Crippen LogP contribution in [0.3, 0.4) is 0 Å². The highest BCUT2D eigenvalue weighted by atomic mass is 15.5. The monoisotopic (exact) mass is 1220 g/mol. The first kappa shape index (κ1) is 52.0. The van der Waals surface area contributed by atoms with Gasteiger partial charge in [-0.15, -0.1) is 0 Å². The molecule has 0 amide bonds. The Morgan fingerprint density at radius 1 is 0.156 bits per heavy atom. The number of aromatic nitrogens is 4. The van der Waals surface area contributed by atoms with Crippen LogP contribution in [0.5, 0.6) is 0 Å². The fraction of sp³-hybridized carbons (Fsp3) is 0.0217. The maximum atomic E-state index is 2.52. The standard InChI is InChI=1S/C49H30N2.C43H26N2/c1-7-19-41-33(13-1)34-14-2-8-20-42(34)49(41)43-21-9-3-15-35(43)39-30-48-40(29-44(39)49)38-18-6-12-24-47(38)51(48)32-27-25-31(26-28-32)50-45-22-10-4-16-36(45)37-17-5-11-23-46(37)50;1-7-19-35-27(13-1)28-14-2-8-20-36(28)43(35)37-21-9-3-15-29(37)33-26-42-34(25-38(33)43)32-18-6-12-24-41(32)45(42)44-39-22-10-4-16-30(39)31-17-5-11-23-40(31)44/h1-30H;1-26H. The normalized spacial score (nSPS) is 13.8. The molecule has 4 nitrogen and oxygen atoms in total. The van der Waals surface area contributed by atoms with Crippen LogP contribution >= 0.6 is 0 Å². The fourth-order valence-electron chi connectivity index (χ4n) is 18.6. The molecule has 4 aromatic heterocycles. The van der Waals surface area contributed by atoms with Gasteiger partial charge in [-0.25, -0.2) is 9.35 Å². The molecule has 4 aliphatic rings. The van der Waals surface area contributed by atoms with Crippen LogP contribution in [0.1, 0.15) is 44.5 Å². The highest BCUT2D eigenvalue weighted by Gasteiger charge is 2.53. The van der Waals surface area contributed by atoms with Crippen LogP contribution in [0.15, 0.2) is 340 Å². The lowest BCUT2D eigenvalue weighted by atomic mass is 9.70. The van der Waals surface area contributed by atoms with Crippen molar-refractivity contribution in [2.75, 3.05) is 0 Å². The minimum Gasteiger partial charge on any atom is -0.309 e. The summed E-state index contributed by atoms with van der Waals surface area (Å²) in [5.41, 5.74) is 32.9. The summed E-state index contributed by atoms with van der Waals surface area (Å²) in [4.78, 5) is 0. The van der Waals surface area contributed by atoms with Crippen molar-refractivity contribution in [3.8, 4) is 55.9 Å². The van der Waals surface area contributed by atoms with E-state index in [1.807, 2.05) is 0 Å². The van der Waals surface area contributed by atoms with Gasteiger partial charge in [0.05, 0.1) is 55.0 Å². The molecule has 23 rings (SSSR count). The Bertz CT molecular complexity index is 6400. The van der Waals surface area contributed by atoms with E-state index in [0.29, 0.717) is 0 Å². The van der Waals surface area contributed by atoms with E-state index in [-0.39, 0.29) is 10.8 Å². The lowest BCUT2D eigenvalue weighted by molar-refractivity contribution is 0.773. The van der Waals surface area contributed by atoms with Gasteiger partial charge in [-0.05, 0) is 174 Å². The third kappa shape index (κ3) is 6.48. The highest BCUT2D eigenvalue weighted by molar-refractivity contribution is 6.16. The Morgan fingerprint density at radius 2 is 0.385 bits per heavy atom. The van der Waals surface area contributed by atoms with E-state index in [1.165, 1.54) is 176 Å². The van der Waals surface area contributed by atoms with Crippen LogP contribution in [-0.4, -0.2) is 18.5 Å². The molecule has 0 saturated carbocycles. The number of hydrogen-bond acceptors (Lipinski definition) is 0. The molecular weight excluding hydrogens is 1160 g/mol. The SMILES string of the molecule is c1ccc2c(c1)-c1ccccc1C21c2ccccc2-c2cc3c(cc21)c1ccccc1n3-c1ccc(-n2c3ccccc3c3ccccc32)cc1.c1ccc2c(c1)-c1ccccc1C21c2ccccc2-c2cc3c(cc21)c1ccccc1n3-n1c2ccccc2c2ccccc21. The molecule has 2 spiro atoms. The van der Waals surface area contributed by atoms with Crippen molar-refractivity contribution < 1.29 is 0 Å². The number of rotatable bonds is 3. The van der Waals surface area contributed by atoms with Gasteiger partial charge in [0, 0.05) is 54.5 Å². The molecule has 0 atom stereocenters. The van der Waals surface area contributed by atoms with Crippen LogP contribution in [0.4, 0.5) is 0 Å². The average molecular weight is 1220 g/mol. The summed E-state index contributed by atoms with van der Waals surface area (Å²) in [6, 6.07) is 126. The fourth-order valence-corrected chi connectivity index (χ4v) is 18.6. The molecule has 19 aromatic rings. The van der Waals surface area contributed by atoms with Crippen molar-refractivity contribution in [3.05, 3.63) is 384 Å². The van der Waals surface area contributed by atoms with Crippen molar-refractivity contribution in [3.63, 3.8) is 0 Å².